The summed E-state index contributed by atoms with van der Waals surface area (Å²) in [5.41, 5.74) is 1.11. The molecule has 2 nitrogen and oxygen atoms in total. The molecule has 3 heteroatoms. The number of Topliss-reactive ketones (excluding diaryl/α,β-unsaturated/α-hetero) is 1. The maximum absolute atomic E-state index is 12.0. The Morgan fingerprint density at radius 3 is 2.75 bits per heavy atom. The van der Waals surface area contributed by atoms with E-state index in [0.29, 0.717) is 12.2 Å². The van der Waals surface area contributed by atoms with Gasteiger partial charge in [0.25, 0.3) is 0 Å². The Morgan fingerprint density at radius 1 is 1.38 bits per heavy atom. The summed E-state index contributed by atoms with van der Waals surface area (Å²) < 4.78 is 1.06. The predicted octanol–water partition coefficient (Wildman–Crippen LogP) is 2.56. The number of halogens is 1. The molecule has 1 aliphatic heterocycles. The fraction of sp³-hybridized carbons (Fsp3) is 0.462. The van der Waals surface area contributed by atoms with Gasteiger partial charge in [-0.05, 0) is 37.1 Å². The van der Waals surface area contributed by atoms with Crippen LogP contribution in [0.15, 0.2) is 28.7 Å². The van der Waals surface area contributed by atoms with E-state index >= 15 is 0 Å². The van der Waals surface area contributed by atoms with Crippen LogP contribution in [0.4, 0.5) is 0 Å². The lowest BCUT2D eigenvalue weighted by Crippen LogP contribution is -2.35. The molecule has 0 bridgehead atoms. The first kappa shape index (κ1) is 11.8. The van der Waals surface area contributed by atoms with Gasteiger partial charge in [0.05, 0.1) is 0 Å². The summed E-state index contributed by atoms with van der Waals surface area (Å²) in [7, 11) is 0. The smallest absolute Gasteiger partial charge is 0.141 e. The van der Waals surface area contributed by atoms with Gasteiger partial charge in [0.2, 0.25) is 0 Å². The second-order valence-electron chi connectivity index (χ2n) is 4.31. The Hall–Kier alpha value is -0.670. The molecule has 0 amide bonds. The normalized spacial score (nSPS) is 20.7. The molecule has 0 aliphatic carbocycles. The van der Waals surface area contributed by atoms with Crippen LogP contribution in [0, 0.1) is 5.92 Å². The quantitative estimate of drug-likeness (QED) is 0.923. The molecule has 1 heterocycles. The zero-order chi connectivity index (χ0) is 11.4. The summed E-state index contributed by atoms with van der Waals surface area (Å²) >= 11 is 3.39. The first-order valence-corrected chi connectivity index (χ1v) is 6.53. The number of hydrogen-bond acceptors (Lipinski definition) is 2. The molecule has 1 unspecified atom stereocenters. The molecule has 86 valence electrons. The molecule has 1 aromatic carbocycles. The number of rotatable bonds is 3. The minimum atomic E-state index is 0.220. The van der Waals surface area contributed by atoms with Crippen molar-refractivity contribution >= 4 is 21.7 Å². The lowest BCUT2D eigenvalue weighted by atomic mass is 9.91. The van der Waals surface area contributed by atoms with E-state index in [4.69, 9.17) is 0 Å². The van der Waals surface area contributed by atoms with Gasteiger partial charge in [-0.1, -0.05) is 28.1 Å². The fourth-order valence-corrected chi connectivity index (χ4v) is 2.34. The van der Waals surface area contributed by atoms with Crippen molar-refractivity contribution in [3.8, 4) is 0 Å². The summed E-state index contributed by atoms with van der Waals surface area (Å²) in [4.78, 5) is 12.0. The Kier molecular flexibility index (Phi) is 4.13. The Morgan fingerprint density at radius 2 is 2.12 bits per heavy atom. The van der Waals surface area contributed by atoms with Crippen molar-refractivity contribution in [2.75, 3.05) is 13.1 Å². The molecule has 0 spiro atoms. The van der Waals surface area contributed by atoms with E-state index in [-0.39, 0.29) is 5.92 Å². The second-order valence-corrected chi connectivity index (χ2v) is 5.23. The van der Waals surface area contributed by atoms with Crippen molar-refractivity contribution in [3.05, 3.63) is 34.3 Å². The highest BCUT2D eigenvalue weighted by atomic mass is 79.9. The van der Waals surface area contributed by atoms with Crippen molar-refractivity contribution < 1.29 is 4.79 Å². The number of ketones is 1. The summed E-state index contributed by atoms with van der Waals surface area (Å²) in [5, 5.41) is 3.28. The average molecular weight is 282 g/mol. The third-order valence-electron chi connectivity index (χ3n) is 3.04. The molecule has 0 aromatic heterocycles. The maximum Gasteiger partial charge on any atom is 0.141 e. The second kappa shape index (κ2) is 5.60. The average Bonchev–Trinajstić information content (AvgIpc) is 2.33. The van der Waals surface area contributed by atoms with Gasteiger partial charge in [0, 0.05) is 23.4 Å². The summed E-state index contributed by atoms with van der Waals surface area (Å²) in [6.07, 6.45) is 2.73. The van der Waals surface area contributed by atoms with E-state index in [1.54, 1.807) is 0 Å². The molecule has 2 rings (SSSR count). The minimum absolute atomic E-state index is 0.220. The van der Waals surface area contributed by atoms with Crippen LogP contribution in [0.2, 0.25) is 0 Å². The molecule has 0 radical (unpaired) electrons. The lowest BCUT2D eigenvalue weighted by Gasteiger charge is -2.21. The molecule has 1 N–H and O–H groups in total. The van der Waals surface area contributed by atoms with Crippen LogP contribution in [0.5, 0.6) is 0 Å². The highest BCUT2D eigenvalue weighted by molar-refractivity contribution is 9.10. The molecule has 1 atom stereocenters. The van der Waals surface area contributed by atoms with E-state index in [1.165, 1.54) is 0 Å². The van der Waals surface area contributed by atoms with E-state index in [2.05, 4.69) is 21.2 Å². The highest BCUT2D eigenvalue weighted by Crippen LogP contribution is 2.16. The van der Waals surface area contributed by atoms with Crippen LogP contribution in [0.25, 0.3) is 0 Å². The predicted molar refractivity (Wildman–Crippen MR) is 68.4 cm³/mol. The third kappa shape index (κ3) is 3.16. The number of carbonyl (C=O) groups is 1. The lowest BCUT2D eigenvalue weighted by molar-refractivity contribution is -0.122. The number of piperidine rings is 1. The summed E-state index contributed by atoms with van der Waals surface area (Å²) in [5.74, 6) is 0.590. The van der Waals surface area contributed by atoms with Crippen LogP contribution >= 0.6 is 15.9 Å². The highest BCUT2D eigenvalue weighted by Gasteiger charge is 2.20. The van der Waals surface area contributed by atoms with Gasteiger partial charge in [0.15, 0.2) is 0 Å². The third-order valence-corrected chi connectivity index (χ3v) is 3.57. The van der Waals surface area contributed by atoms with E-state index in [1.807, 2.05) is 24.3 Å². The standard InChI is InChI=1S/C13H16BrNO/c14-12-5-3-10(4-6-12)8-13(16)11-2-1-7-15-9-11/h3-6,11,15H,1-2,7-9H2. The first-order chi connectivity index (χ1) is 7.75. The van der Waals surface area contributed by atoms with Crippen molar-refractivity contribution in [2.45, 2.75) is 19.3 Å². The minimum Gasteiger partial charge on any atom is -0.316 e. The number of nitrogens with one attached hydrogen (secondary N) is 1. The van der Waals surface area contributed by atoms with Crippen LogP contribution < -0.4 is 5.32 Å². The monoisotopic (exact) mass is 281 g/mol. The summed E-state index contributed by atoms with van der Waals surface area (Å²) in [6, 6.07) is 8.00. The molecule has 1 aliphatic rings. The topological polar surface area (TPSA) is 29.1 Å². The van der Waals surface area contributed by atoms with Gasteiger partial charge in [-0.2, -0.15) is 0 Å². The fourth-order valence-electron chi connectivity index (χ4n) is 2.07. The SMILES string of the molecule is O=C(Cc1ccc(Br)cc1)C1CCCNC1. The largest absolute Gasteiger partial charge is 0.316 e. The van der Waals surface area contributed by atoms with Crippen molar-refractivity contribution in [3.63, 3.8) is 0 Å². The van der Waals surface area contributed by atoms with E-state index in [0.717, 1.165) is 36.0 Å². The zero-order valence-corrected chi connectivity index (χ0v) is 10.8. The zero-order valence-electron chi connectivity index (χ0n) is 9.21. The van der Waals surface area contributed by atoms with Crippen molar-refractivity contribution in [1.82, 2.24) is 5.32 Å². The molecule has 1 fully saturated rings. The molecule has 1 aromatic rings. The first-order valence-electron chi connectivity index (χ1n) is 5.73. The summed E-state index contributed by atoms with van der Waals surface area (Å²) in [6.45, 7) is 1.91. The van der Waals surface area contributed by atoms with Gasteiger partial charge < -0.3 is 5.32 Å². The van der Waals surface area contributed by atoms with Gasteiger partial charge in [-0.15, -0.1) is 0 Å². The molecule has 1 saturated heterocycles. The van der Waals surface area contributed by atoms with E-state index in [9.17, 15) is 4.79 Å². The molecule has 0 saturated carbocycles. The van der Waals surface area contributed by atoms with Crippen LogP contribution in [-0.2, 0) is 11.2 Å². The Bertz CT molecular complexity index is 355. The van der Waals surface area contributed by atoms with Crippen LogP contribution in [0.1, 0.15) is 18.4 Å². The van der Waals surface area contributed by atoms with Crippen molar-refractivity contribution in [1.29, 1.82) is 0 Å². The van der Waals surface area contributed by atoms with Crippen molar-refractivity contribution in [2.24, 2.45) is 5.92 Å². The van der Waals surface area contributed by atoms with Crippen LogP contribution in [-0.4, -0.2) is 18.9 Å². The Balaban J connectivity index is 1.93. The number of carbonyl (C=O) groups excluding carboxylic acids is 1. The molecular weight excluding hydrogens is 266 g/mol. The number of hydrogen-bond donors (Lipinski definition) is 1. The maximum atomic E-state index is 12.0. The Labute approximate surface area is 105 Å². The van der Waals surface area contributed by atoms with Gasteiger partial charge in [-0.3, -0.25) is 4.79 Å². The van der Waals surface area contributed by atoms with Gasteiger partial charge >= 0.3 is 0 Å². The van der Waals surface area contributed by atoms with Gasteiger partial charge in [-0.25, -0.2) is 0 Å². The van der Waals surface area contributed by atoms with Crippen LogP contribution in [0.3, 0.4) is 0 Å². The molecule has 16 heavy (non-hydrogen) atoms. The van der Waals surface area contributed by atoms with E-state index < -0.39 is 0 Å². The van der Waals surface area contributed by atoms with Gasteiger partial charge in [0.1, 0.15) is 5.78 Å². The molecular formula is C13H16BrNO. The number of benzene rings is 1.